The van der Waals surface area contributed by atoms with Crippen molar-refractivity contribution in [2.24, 2.45) is 0 Å². The van der Waals surface area contributed by atoms with Gasteiger partial charge in [0, 0.05) is 80.9 Å². The Kier molecular flexibility index (Phi) is 5.93. The standard InChI is InChI=1S/C38H31N3O2/c1-25(42)28-13-15-29(16-14-28)38(43)39-23-26-11-17-36-32(21-26)30-7-2-4-9-34(30)40(36)19-6-20-41-35-10-5-3-8-31(35)33-22-27(24-39)12-18-37(33)41/h2-5,7-18,21-22H,6,19-20,23-24H2,1H3. The van der Waals surface area contributed by atoms with Gasteiger partial charge in [0.05, 0.1) is 0 Å². The van der Waals surface area contributed by atoms with Crippen molar-refractivity contribution in [3.8, 4) is 0 Å². The maximum absolute atomic E-state index is 14.1. The Morgan fingerprint density at radius 1 is 0.535 bits per heavy atom. The molecule has 4 aliphatic rings. The molecule has 0 saturated carbocycles. The van der Waals surface area contributed by atoms with Gasteiger partial charge in [-0.2, -0.15) is 0 Å². The fourth-order valence-electron chi connectivity index (χ4n) is 6.94. The highest BCUT2D eigenvalue weighted by Crippen LogP contribution is 2.33. The van der Waals surface area contributed by atoms with Gasteiger partial charge in [0.2, 0.25) is 0 Å². The number of amides is 1. The van der Waals surface area contributed by atoms with E-state index in [0.29, 0.717) is 24.2 Å². The molecule has 0 unspecified atom stereocenters. The number of aromatic nitrogens is 2. The lowest BCUT2D eigenvalue weighted by Gasteiger charge is -2.24. The van der Waals surface area contributed by atoms with E-state index in [1.54, 1.807) is 31.2 Å². The Morgan fingerprint density at radius 2 is 1.00 bits per heavy atom. The molecule has 43 heavy (non-hydrogen) atoms. The molecule has 0 N–H and O–H groups in total. The first kappa shape index (κ1) is 25.5. The maximum Gasteiger partial charge on any atom is 0.254 e. The number of fused-ring (bicyclic) bond motifs is 2. The highest BCUT2D eigenvalue weighted by Gasteiger charge is 2.20. The minimum Gasteiger partial charge on any atom is -0.340 e. The number of carbonyl (C=O) groups excluding carboxylic acids is 2. The number of Topliss-reactive ketones (excluding diaryl/α,β-unsaturated/α-hetero) is 1. The third-order valence-corrected chi connectivity index (χ3v) is 9.01. The number of hydrogen-bond donors (Lipinski definition) is 0. The first-order chi connectivity index (χ1) is 21.0. The van der Waals surface area contributed by atoms with Crippen LogP contribution in [0.2, 0.25) is 0 Å². The van der Waals surface area contributed by atoms with Crippen molar-refractivity contribution in [3.63, 3.8) is 0 Å². The van der Waals surface area contributed by atoms with E-state index in [2.05, 4.69) is 94.1 Å². The van der Waals surface area contributed by atoms with E-state index in [0.717, 1.165) is 30.6 Å². The van der Waals surface area contributed by atoms with Crippen molar-refractivity contribution in [3.05, 3.63) is 131 Å². The van der Waals surface area contributed by atoms with Gasteiger partial charge in [-0.15, -0.1) is 0 Å². The van der Waals surface area contributed by atoms with Crippen molar-refractivity contribution in [1.29, 1.82) is 0 Å². The van der Waals surface area contributed by atoms with Gasteiger partial charge in [-0.1, -0.05) is 60.7 Å². The second-order valence-corrected chi connectivity index (χ2v) is 11.7. The zero-order valence-corrected chi connectivity index (χ0v) is 24.1. The SMILES string of the molecule is CC(=O)c1ccc(C(=O)N2Cc3ccc4c(c3)c3ccccc3n4CCCn3c4ccccc4c4cc(ccc43)C2)cc1. The van der Waals surface area contributed by atoms with E-state index in [1.807, 2.05) is 4.90 Å². The summed E-state index contributed by atoms with van der Waals surface area (Å²) in [6.07, 6.45) is 1.01. The molecule has 0 aliphatic carbocycles. The first-order valence-corrected chi connectivity index (χ1v) is 15.0. The summed E-state index contributed by atoms with van der Waals surface area (Å²) in [5, 5.41) is 4.91. The minimum absolute atomic E-state index is 0.0102. The Hall–Kier alpha value is -5.16. The second kappa shape index (κ2) is 9.99. The van der Waals surface area contributed by atoms with Crippen molar-refractivity contribution in [1.82, 2.24) is 14.0 Å². The molecule has 5 nitrogen and oxygen atoms in total. The highest BCUT2D eigenvalue weighted by molar-refractivity contribution is 6.09. The number of nitrogens with zero attached hydrogens (tertiary/aromatic N) is 3. The molecular formula is C38H31N3O2. The molecule has 7 aromatic rings. The van der Waals surface area contributed by atoms with E-state index < -0.39 is 0 Å². The third-order valence-electron chi connectivity index (χ3n) is 9.01. The van der Waals surface area contributed by atoms with Crippen LogP contribution in [0.4, 0.5) is 0 Å². The van der Waals surface area contributed by atoms with Crippen molar-refractivity contribution >= 4 is 55.3 Å². The predicted octanol–water partition coefficient (Wildman–Crippen LogP) is 8.35. The second-order valence-electron chi connectivity index (χ2n) is 11.7. The summed E-state index contributed by atoms with van der Waals surface area (Å²) >= 11 is 0. The van der Waals surface area contributed by atoms with Crippen LogP contribution in [0.15, 0.2) is 109 Å². The molecular weight excluding hydrogens is 530 g/mol. The molecule has 0 radical (unpaired) electrons. The normalized spacial score (nSPS) is 13.8. The number of rotatable bonds is 2. The molecule has 5 heteroatoms. The summed E-state index contributed by atoms with van der Waals surface area (Å²) in [6, 6.07) is 37.6. The molecule has 0 saturated heterocycles. The Bertz CT molecular complexity index is 2090. The summed E-state index contributed by atoms with van der Waals surface area (Å²) in [5.41, 5.74) is 8.29. The monoisotopic (exact) mass is 561 g/mol. The van der Waals surface area contributed by atoms with Gasteiger partial charge < -0.3 is 14.0 Å². The van der Waals surface area contributed by atoms with Crippen LogP contribution < -0.4 is 0 Å². The van der Waals surface area contributed by atoms with E-state index in [4.69, 9.17) is 0 Å². The molecule has 4 aliphatic heterocycles. The maximum atomic E-state index is 14.1. The number of para-hydroxylation sites is 2. The number of aryl methyl sites for hydroxylation is 2. The highest BCUT2D eigenvalue weighted by atomic mass is 16.2. The molecule has 8 bridgehead atoms. The number of hydrogen-bond acceptors (Lipinski definition) is 2. The molecule has 0 fully saturated rings. The lowest BCUT2D eigenvalue weighted by atomic mass is 10.0. The zero-order valence-electron chi connectivity index (χ0n) is 24.1. The summed E-state index contributed by atoms with van der Waals surface area (Å²) < 4.78 is 4.90. The zero-order chi connectivity index (χ0) is 29.1. The van der Waals surface area contributed by atoms with Gasteiger partial charge in [-0.05, 0) is 73.0 Å². The summed E-state index contributed by atoms with van der Waals surface area (Å²) in [6.45, 7) is 4.32. The van der Waals surface area contributed by atoms with Gasteiger partial charge in [-0.25, -0.2) is 0 Å². The van der Waals surface area contributed by atoms with E-state index in [-0.39, 0.29) is 11.7 Å². The van der Waals surface area contributed by atoms with Crippen LogP contribution in [0.25, 0.3) is 43.6 Å². The van der Waals surface area contributed by atoms with Gasteiger partial charge in [0.15, 0.2) is 5.78 Å². The van der Waals surface area contributed by atoms with Crippen molar-refractivity contribution < 1.29 is 9.59 Å². The van der Waals surface area contributed by atoms with E-state index in [9.17, 15) is 9.59 Å². The number of carbonyl (C=O) groups is 2. The Labute approximate surface area is 249 Å². The lowest BCUT2D eigenvalue weighted by molar-refractivity contribution is 0.0729. The average Bonchev–Trinajstić information content (AvgIpc) is 3.52. The topological polar surface area (TPSA) is 47.2 Å². The van der Waals surface area contributed by atoms with E-state index in [1.165, 1.54) is 43.6 Å². The van der Waals surface area contributed by atoms with Crippen LogP contribution in [0.3, 0.4) is 0 Å². The molecule has 0 atom stereocenters. The van der Waals surface area contributed by atoms with Crippen molar-refractivity contribution in [2.75, 3.05) is 0 Å². The van der Waals surface area contributed by atoms with Crippen LogP contribution in [0, 0.1) is 0 Å². The van der Waals surface area contributed by atoms with Crippen LogP contribution in [-0.4, -0.2) is 25.7 Å². The third kappa shape index (κ3) is 4.23. The molecule has 5 aromatic carbocycles. The summed E-state index contributed by atoms with van der Waals surface area (Å²) in [7, 11) is 0. The minimum atomic E-state index is -0.0544. The fourth-order valence-corrected chi connectivity index (χ4v) is 6.94. The lowest BCUT2D eigenvalue weighted by Crippen LogP contribution is -2.30. The first-order valence-electron chi connectivity index (χ1n) is 15.0. The molecule has 1 amide bonds. The van der Waals surface area contributed by atoms with Crippen LogP contribution >= 0.6 is 0 Å². The summed E-state index contributed by atoms with van der Waals surface area (Å²) in [5.74, 6) is -0.0646. The molecule has 210 valence electrons. The molecule has 2 aromatic heterocycles. The predicted molar refractivity (Wildman–Crippen MR) is 174 cm³/mol. The largest absolute Gasteiger partial charge is 0.340 e. The average molecular weight is 562 g/mol. The Morgan fingerprint density at radius 3 is 1.51 bits per heavy atom. The quantitative estimate of drug-likeness (QED) is 0.199. The molecule has 11 rings (SSSR count). The van der Waals surface area contributed by atoms with E-state index >= 15 is 0 Å². The van der Waals surface area contributed by atoms with Gasteiger partial charge in [0.25, 0.3) is 5.91 Å². The molecule has 6 heterocycles. The van der Waals surface area contributed by atoms with Crippen LogP contribution in [0.5, 0.6) is 0 Å². The fraction of sp³-hybridized carbons (Fsp3) is 0.158. The van der Waals surface area contributed by atoms with Crippen molar-refractivity contribution in [2.45, 2.75) is 39.5 Å². The number of benzene rings is 5. The van der Waals surface area contributed by atoms with Gasteiger partial charge in [0.1, 0.15) is 0 Å². The van der Waals surface area contributed by atoms with Crippen LogP contribution in [0.1, 0.15) is 45.2 Å². The smallest absolute Gasteiger partial charge is 0.254 e. The summed E-state index contributed by atoms with van der Waals surface area (Å²) in [4.78, 5) is 27.9. The number of ketones is 1. The molecule has 0 spiro atoms. The van der Waals surface area contributed by atoms with Gasteiger partial charge in [-0.3, -0.25) is 9.59 Å². The Balaban J connectivity index is 1.31. The van der Waals surface area contributed by atoms with Gasteiger partial charge >= 0.3 is 0 Å². The van der Waals surface area contributed by atoms with Crippen LogP contribution in [-0.2, 0) is 26.2 Å².